The van der Waals surface area contributed by atoms with E-state index in [-0.39, 0.29) is 11.3 Å². The standard InChI is InChI=1S/C18H25NO/c1-13-7-6-10-18(14(13)2)12-17(20)19-16(18)11-15-8-4-3-5-9-15/h3-5,8-9,13-14,16H,6-7,10-12H2,1-2H3,(H,19,20). The van der Waals surface area contributed by atoms with Crippen molar-refractivity contribution < 1.29 is 4.79 Å². The zero-order valence-electron chi connectivity index (χ0n) is 12.6. The molecule has 0 aromatic heterocycles. The Balaban J connectivity index is 1.86. The second-order valence-electron chi connectivity index (χ2n) is 6.88. The molecule has 1 aromatic carbocycles. The van der Waals surface area contributed by atoms with Gasteiger partial charge in [0.1, 0.15) is 0 Å². The molecule has 1 spiro atoms. The van der Waals surface area contributed by atoms with Crippen molar-refractivity contribution >= 4 is 5.91 Å². The molecule has 1 aliphatic heterocycles. The van der Waals surface area contributed by atoms with Crippen molar-refractivity contribution in [2.45, 2.75) is 52.0 Å². The van der Waals surface area contributed by atoms with Gasteiger partial charge in [-0.2, -0.15) is 0 Å². The second-order valence-corrected chi connectivity index (χ2v) is 6.88. The number of carbonyl (C=O) groups is 1. The van der Waals surface area contributed by atoms with E-state index in [1.54, 1.807) is 0 Å². The molecule has 1 amide bonds. The summed E-state index contributed by atoms with van der Waals surface area (Å²) in [6.45, 7) is 4.72. The van der Waals surface area contributed by atoms with E-state index in [2.05, 4.69) is 49.5 Å². The van der Waals surface area contributed by atoms with Gasteiger partial charge in [-0.1, -0.05) is 57.0 Å². The third-order valence-electron chi connectivity index (χ3n) is 5.86. The summed E-state index contributed by atoms with van der Waals surface area (Å²) in [7, 11) is 0. The Morgan fingerprint density at radius 2 is 2.00 bits per heavy atom. The molecule has 2 aliphatic rings. The predicted molar refractivity (Wildman–Crippen MR) is 81.3 cm³/mol. The van der Waals surface area contributed by atoms with E-state index in [9.17, 15) is 4.79 Å². The van der Waals surface area contributed by atoms with Crippen LogP contribution in [0.5, 0.6) is 0 Å². The molecule has 3 rings (SSSR count). The molecule has 1 N–H and O–H groups in total. The first kappa shape index (κ1) is 13.7. The van der Waals surface area contributed by atoms with Crippen molar-refractivity contribution in [2.24, 2.45) is 17.3 Å². The smallest absolute Gasteiger partial charge is 0.220 e. The molecule has 108 valence electrons. The van der Waals surface area contributed by atoms with E-state index in [0.29, 0.717) is 12.0 Å². The maximum Gasteiger partial charge on any atom is 0.220 e. The lowest BCUT2D eigenvalue weighted by molar-refractivity contribution is -0.120. The Hall–Kier alpha value is -1.31. The molecule has 0 bridgehead atoms. The fourth-order valence-corrected chi connectivity index (χ4v) is 4.45. The Morgan fingerprint density at radius 1 is 1.25 bits per heavy atom. The van der Waals surface area contributed by atoms with Gasteiger partial charge in [-0.3, -0.25) is 4.79 Å². The average molecular weight is 271 g/mol. The van der Waals surface area contributed by atoms with Crippen LogP contribution in [0.15, 0.2) is 30.3 Å². The molecule has 1 saturated carbocycles. The van der Waals surface area contributed by atoms with Gasteiger partial charge in [-0.15, -0.1) is 0 Å². The lowest BCUT2D eigenvalue weighted by atomic mass is 9.58. The quantitative estimate of drug-likeness (QED) is 0.875. The van der Waals surface area contributed by atoms with E-state index in [0.717, 1.165) is 18.8 Å². The van der Waals surface area contributed by atoms with Gasteiger partial charge < -0.3 is 5.32 Å². The van der Waals surface area contributed by atoms with E-state index in [4.69, 9.17) is 0 Å². The van der Waals surface area contributed by atoms with Crippen molar-refractivity contribution in [1.29, 1.82) is 0 Å². The fourth-order valence-electron chi connectivity index (χ4n) is 4.45. The Bertz CT molecular complexity index is 483. The fraction of sp³-hybridized carbons (Fsp3) is 0.611. The first-order valence-corrected chi connectivity index (χ1v) is 7.95. The maximum atomic E-state index is 12.1. The largest absolute Gasteiger partial charge is 0.352 e. The van der Waals surface area contributed by atoms with Crippen molar-refractivity contribution in [3.05, 3.63) is 35.9 Å². The molecule has 20 heavy (non-hydrogen) atoms. The molecular formula is C18H25NO. The van der Waals surface area contributed by atoms with E-state index in [1.807, 2.05) is 0 Å². The van der Waals surface area contributed by atoms with E-state index in [1.165, 1.54) is 24.8 Å². The molecule has 0 radical (unpaired) electrons. The molecule has 2 nitrogen and oxygen atoms in total. The minimum Gasteiger partial charge on any atom is -0.352 e. The molecule has 4 atom stereocenters. The van der Waals surface area contributed by atoms with Gasteiger partial charge in [-0.25, -0.2) is 0 Å². The normalized spacial score (nSPS) is 37.1. The first-order chi connectivity index (χ1) is 9.62. The van der Waals surface area contributed by atoms with Gasteiger partial charge in [0.15, 0.2) is 0 Å². The molecular weight excluding hydrogens is 246 g/mol. The lowest BCUT2D eigenvalue weighted by Crippen LogP contribution is -2.47. The highest BCUT2D eigenvalue weighted by molar-refractivity contribution is 5.80. The van der Waals surface area contributed by atoms with E-state index < -0.39 is 0 Å². The summed E-state index contributed by atoms with van der Waals surface area (Å²) in [5.41, 5.74) is 1.52. The summed E-state index contributed by atoms with van der Waals surface area (Å²) in [5.74, 6) is 1.62. The SMILES string of the molecule is CC1CCCC2(CC(=O)NC2Cc2ccccc2)C1C. The van der Waals surface area contributed by atoms with Crippen LogP contribution >= 0.6 is 0 Å². The number of hydrogen-bond donors (Lipinski definition) is 1. The number of benzene rings is 1. The predicted octanol–water partition coefficient (Wildman–Crippen LogP) is 3.56. The summed E-state index contributed by atoms with van der Waals surface area (Å²) in [4.78, 5) is 12.1. The maximum absolute atomic E-state index is 12.1. The average Bonchev–Trinajstić information content (AvgIpc) is 2.74. The Kier molecular flexibility index (Phi) is 3.57. The van der Waals surface area contributed by atoms with Crippen LogP contribution in [-0.4, -0.2) is 11.9 Å². The van der Waals surface area contributed by atoms with Gasteiger partial charge in [0.05, 0.1) is 0 Å². The third-order valence-corrected chi connectivity index (χ3v) is 5.86. The summed E-state index contributed by atoms with van der Waals surface area (Å²) in [6.07, 6.45) is 5.50. The van der Waals surface area contributed by atoms with Gasteiger partial charge in [-0.05, 0) is 30.2 Å². The molecule has 1 aromatic rings. The summed E-state index contributed by atoms with van der Waals surface area (Å²) < 4.78 is 0. The molecule has 1 heterocycles. The Morgan fingerprint density at radius 3 is 2.75 bits per heavy atom. The van der Waals surface area contributed by atoms with Gasteiger partial charge >= 0.3 is 0 Å². The highest BCUT2D eigenvalue weighted by Crippen LogP contribution is 2.51. The van der Waals surface area contributed by atoms with Gasteiger partial charge in [0.25, 0.3) is 0 Å². The van der Waals surface area contributed by atoms with Crippen molar-refractivity contribution in [3.63, 3.8) is 0 Å². The zero-order valence-corrected chi connectivity index (χ0v) is 12.6. The highest BCUT2D eigenvalue weighted by Gasteiger charge is 2.52. The van der Waals surface area contributed by atoms with Crippen molar-refractivity contribution in [1.82, 2.24) is 5.32 Å². The summed E-state index contributed by atoms with van der Waals surface area (Å²) in [6, 6.07) is 10.9. The van der Waals surface area contributed by atoms with Crippen LogP contribution in [0.2, 0.25) is 0 Å². The molecule has 1 aliphatic carbocycles. The highest BCUT2D eigenvalue weighted by atomic mass is 16.2. The number of rotatable bonds is 2. The first-order valence-electron chi connectivity index (χ1n) is 7.95. The lowest BCUT2D eigenvalue weighted by Gasteiger charge is -2.46. The summed E-state index contributed by atoms with van der Waals surface area (Å²) >= 11 is 0. The number of carbonyl (C=O) groups excluding carboxylic acids is 1. The Labute approximate surface area is 122 Å². The van der Waals surface area contributed by atoms with Crippen molar-refractivity contribution in [3.8, 4) is 0 Å². The minimum atomic E-state index is 0.185. The van der Waals surface area contributed by atoms with Crippen LogP contribution in [0.25, 0.3) is 0 Å². The van der Waals surface area contributed by atoms with Gasteiger partial charge in [0, 0.05) is 17.9 Å². The third kappa shape index (κ3) is 2.25. The molecule has 2 heteroatoms. The topological polar surface area (TPSA) is 29.1 Å². The van der Waals surface area contributed by atoms with Crippen LogP contribution < -0.4 is 5.32 Å². The molecule has 4 unspecified atom stereocenters. The number of amides is 1. The van der Waals surface area contributed by atoms with E-state index >= 15 is 0 Å². The van der Waals surface area contributed by atoms with Crippen LogP contribution in [0.3, 0.4) is 0 Å². The molecule has 1 saturated heterocycles. The van der Waals surface area contributed by atoms with Crippen molar-refractivity contribution in [2.75, 3.05) is 0 Å². The van der Waals surface area contributed by atoms with Crippen LogP contribution in [-0.2, 0) is 11.2 Å². The zero-order chi connectivity index (χ0) is 14.2. The number of nitrogens with one attached hydrogen (secondary N) is 1. The van der Waals surface area contributed by atoms with Crippen LogP contribution in [0, 0.1) is 17.3 Å². The van der Waals surface area contributed by atoms with Crippen LogP contribution in [0.4, 0.5) is 0 Å². The number of hydrogen-bond acceptors (Lipinski definition) is 1. The summed E-state index contributed by atoms with van der Waals surface area (Å²) in [5, 5.41) is 3.27. The minimum absolute atomic E-state index is 0.185. The van der Waals surface area contributed by atoms with Gasteiger partial charge in [0.2, 0.25) is 5.91 Å². The second kappa shape index (κ2) is 5.23. The monoisotopic (exact) mass is 271 g/mol. The molecule has 2 fully saturated rings. The van der Waals surface area contributed by atoms with Crippen LogP contribution in [0.1, 0.15) is 45.1 Å².